The van der Waals surface area contributed by atoms with Gasteiger partial charge >= 0.3 is 11.7 Å². The summed E-state index contributed by atoms with van der Waals surface area (Å²) in [4.78, 5) is 22.7. The Bertz CT molecular complexity index is 661. The molecule has 18 heavy (non-hydrogen) atoms. The van der Waals surface area contributed by atoms with Crippen molar-refractivity contribution in [3.8, 4) is 0 Å². The number of carbonyl (C=O) groups excluding carboxylic acids is 1. The molecule has 0 aliphatic carbocycles. The number of hydrogen-bond donors (Lipinski definition) is 0. The van der Waals surface area contributed by atoms with Gasteiger partial charge in [0, 0.05) is 11.0 Å². The van der Waals surface area contributed by atoms with E-state index in [0.29, 0.717) is 20.6 Å². The molecule has 0 saturated heterocycles. The lowest BCUT2D eigenvalue weighted by Crippen LogP contribution is -2.16. The van der Waals surface area contributed by atoms with Crippen LogP contribution in [-0.2, 0) is 16.1 Å². The lowest BCUT2D eigenvalue weighted by molar-refractivity contribution is -0.140. The third-order valence-corrected chi connectivity index (χ3v) is 3.67. The molecule has 7 heteroatoms. The van der Waals surface area contributed by atoms with Crippen LogP contribution in [0.1, 0.15) is 6.42 Å². The third kappa shape index (κ3) is 2.44. The lowest BCUT2D eigenvalue weighted by atomic mass is 10.3. The van der Waals surface area contributed by atoms with Gasteiger partial charge in [-0.2, -0.15) is 0 Å². The maximum atomic E-state index is 11.6. The molecular formula is C11H9BrClNO4. The van der Waals surface area contributed by atoms with Crippen molar-refractivity contribution < 1.29 is 13.9 Å². The van der Waals surface area contributed by atoms with Gasteiger partial charge < -0.3 is 9.15 Å². The van der Waals surface area contributed by atoms with Crippen molar-refractivity contribution in [2.75, 3.05) is 7.11 Å². The quantitative estimate of drug-likeness (QED) is 0.809. The zero-order valence-corrected chi connectivity index (χ0v) is 11.7. The van der Waals surface area contributed by atoms with Gasteiger partial charge in [-0.05, 0) is 28.1 Å². The lowest BCUT2D eigenvalue weighted by Gasteiger charge is -2.02. The van der Waals surface area contributed by atoms with Crippen molar-refractivity contribution in [3.63, 3.8) is 0 Å². The molecule has 0 bridgehead atoms. The van der Waals surface area contributed by atoms with E-state index in [0.717, 1.165) is 0 Å². The fourth-order valence-corrected chi connectivity index (χ4v) is 2.06. The van der Waals surface area contributed by atoms with E-state index in [2.05, 4.69) is 20.7 Å². The fourth-order valence-electron chi connectivity index (χ4n) is 1.58. The Balaban J connectivity index is 2.44. The number of halogens is 2. The number of oxazole rings is 1. The molecule has 0 amide bonds. The number of ether oxygens (including phenoxy) is 1. The molecule has 0 spiro atoms. The van der Waals surface area contributed by atoms with Crippen LogP contribution in [0.15, 0.2) is 25.8 Å². The van der Waals surface area contributed by atoms with E-state index in [1.165, 1.54) is 11.7 Å². The highest BCUT2D eigenvalue weighted by Crippen LogP contribution is 2.27. The van der Waals surface area contributed by atoms with Crippen molar-refractivity contribution in [2.45, 2.75) is 13.0 Å². The molecule has 2 aromatic rings. The maximum Gasteiger partial charge on any atom is 0.419 e. The zero-order valence-electron chi connectivity index (χ0n) is 9.41. The Labute approximate surface area is 115 Å². The van der Waals surface area contributed by atoms with Gasteiger partial charge in [-0.1, -0.05) is 11.6 Å². The first-order chi connectivity index (χ1) is 8.52. The standard InChI is InChI=1S/C11H9BrClNO4/c1-17-10(15)2-3-14-8-5-7(13)6(12)4-9(8)18-11(14)16/h4-5H,2-3H2,1H3. The van der Waals surface area contributed by atoms with Crippen LogP contribution in [0.4, 0.5) is 0 Å². The third-order valence-electron chi connectivity index (χ3n) is 2.48. The molecule has 2 rings (SSSR count). The largest absolute Gasteiger partial charge is 0.469 e. The van der Waals surface area contributed by atoms with Gasteiger partial charge in [-0.3, -0.25) is 9.36 Å². The number of nitrogens with zero attached hydrogens (tertiary/aromatic N) is 1. The van der Waals surface area contributed by atoms with Crippen molar-refractivity contribution >= 4 is 44.6 Å². The number of fused-ring (bicyclic) bond motifs is 1. The number of methoxy groups -OCH3 is 1. The summed E-state index contributed by atoms with van der Waals surface area (Å²) in [6, 6.07) is 3.23. The summed E-state index contributed by atoms with van der Waals surface area (Å²) in [6.45, 7) is 0.191. The second-order valence-corrected chi connectivity index (χ2v) is 4.84. The average Bonchev–Trinajstić information content (AvgIpc) is 2.62. The molecule has 0 saturated carbocycles. The predicted octanol–water partition coefficient (Wildman–Crippen LogP) is 2.57. The minimum atomic E-state index is -0.525. The SMILES string of the molecule is COC(=O)CCn1c(=O)oc2cc(Br)c(Cl)cc21. The molecular weight excluding hydrogens is 325 g/mol. The topological polar surface area (TPSA) is 61.4 Å². The summed E-state index contributed by atoms with van der Waals surface area (Å²) in [6.07, 6.45) is 0.0960. The number of benzene rings is 1. The van der Waals surface area contributed by atoms with Gasteiger partial charge in [0.1, 0.15) is 0 Å². The predicted molar refractivity (Wildman–Crippen MR) is 69.8 cm³/mol. The van der Waals surface area contributed by atoms with Crippen LogP contribution < -0.4 is 5.76 Å². The zero-order chi connectivity index (χ0) is 13.3. The number of aryl methyl sites for hydroxylation is 1. The minimum absolute atomic E-state index is 0.0960. The summed E-state index contributed by atoms with van der Waals surface area (Å²) in [5.41, 5.74) is 0.971. The van der Waals surface area contributed by atoms with Gasteiger partial charge in [0.2, 0.25) is 0 Å². The molecule has 1 heterocycles. The fraction of sp³-hybridized carbons (Fsp3) is 0.273. The van der Waals surface area contributed by atoms with Crippen molar-refractivity contribution in [1.82, 2.24) is 4.57 Å². The molecule has 1 aromatic carbocycles. The first-order valence-electron chi connectivity index (χ1n) is 5.08. The molecule has 5 nitrogen and oxygen atoms in total. The molecule has 1 aromatic heterocycles. The van der Waals surface area contributed by atoms with Crippen molar-refractivity contribution in [1.29, 1.82) is 0 Å². The Morgan fingerprint density at radius 3 is 2.94 bits per heavy atom. The number of rotatable bonds is 3. The Morgan fingerprint density at radius 1 is 1.56 bits per heavy atom. The van der Waals surface area contributed by atoms with Gasteiger partial charge in [-0.25, -0.2) is 4.79 Å². The Kier molecular flexibility index (Phi) is 3.77. The first kappa shape index (κ1) is 13.2. The van der Waals surface area contributed by atoms with Gasteiger partial charge in [0.05, 0.1) is 24.1 Å². The van der Waals surface area contributed by atoms with E-state index < -0.39 is 5.76 Å². The van der Waals surface area contributed by atoms with Gasteiger partial charge in [0.15, 0.2) is 5.58 Å². The summed E-state index contributed by atoms with van der Waals surface area (Å²) in [5, 5.41) is 0.468. The van der Waals surface area contributed by atoms with Crippen LogP contribution in [0, 0.1) is 0 Å². The highest BCUT2D eigenvalue weighted by molar-refractivity contribution is 9.10. The highest BCUT2D eigenvalue weighted by Gasteiger charge is 2.13. The normalized spacial score (nSPS) is 10.8. The monoisotopic (exact) mass is 333 g/mol. The molecule has 0 unspecified atom stereocenters. The summed E-state index contributed by atoms with van der Waals surface area (Å²) in [5.74, 6) is -0.914. The second-order valence-electron chi connectivity index (χ2n) is 3.58. The van der Waals surface area contributed by atoms with E-state index in [1.807, 2.05) is 0 Å². The summed E-state index contributed by atoms with van der Waals surface area (Å²) < 4.78 is 11.6. The van der Waals surface area contributed by atoms with Crippen LogP contribution in [0.3, 0.4) is 0 Å². The van der Waals surface area contributed by atoms with E-state index >= 15 is 0 Å². The number of aromatic nitrogens is 1. The molecule has 0 aliphatic heterocycles. The summed E-state index contributed by atoms with van der Waals surface area (Å²) >= 11 is 9.21. The van der Waals surface area contributed by atoms with Crippen molar-refractivity contribution in [2.24, 2.45) is 0 Å². The Hall–Kier alpha value is -1.27. The van der Waals surface area contributed by atoms with Crippen LogP contribution in [0.5, 0.6) is 0 Å². The maximum absolute atomic E-state index is 11.6. The molecule has 96 valence electrons. The molecule has 0 aliphatic rings. The van der Waals surface area contributed by atoms with Crippen LogP contribution in [0.25, 0.3) is 11.1 Å². The molecule has 0 fully saturated rings. The molecule has 0 atom stereocenters. The first-order valence-corrected chi connectivity index (χ1v) is 6.25. The summed E-state index contributed by atoms with van der Waals surface area (Å²) in [7, 11) is 1.30. The average molecular weight is 335 g/mol. The van der Waals surface area contributed by atoms with E-state index in [1.54, 1.807) is 12.1 Å². The Morgan fingerprint density at radius 2 is 2.28 bits per heavy atom. The van der Waals surface area contributed by atoms with E-state index in [-0.39, 0.29) is 18.9 Å². The number of esters is 1. The van der Waals surface area contributed by atoms with Gasteiger partial charge in [0.25, 0.3) is 0 Å². The van der Waals surface area contributed by atoms with Crippen LogP contribution in [-0.4, -0.2) is 17.6 Å². The van der Waals surface area contributed by atoms with Gasteiger partial charge in [-0.15, -0.1) is 0 Å². The molecule has 0 N–H and O–H groups in total. The van der Waals surface area contributed by atoms with E-state index in [4.69, 9.17) is 16.0 Å². The molecule has 0 radical (unpaired) electrons. The van der Waals surface area contributed by atoms with E-state index in [9.17, 15) is 9.59 Å². The smallest absolute Gasteiger partial charge is 0.419 e. The second kappa shape index (κ2) is 5.16. The van der Waals surface area contributed by atoms with Crippen molar-refractivity contribution in [3.05, 3.63) is 32.2 Å². The minimum Gasteiger partial charge on any atom is -0.469 e. The van der Waals surface area contributed by atoms with Crippen LogP contribution >= 0.6 is 27.5 Å². The number of hydrogen-bond acceptors (Lipinski definition) is 4. The van der Waals surface area contributed by atoms with Crippen LogP contribution in [0.2, 0.25) is 5.02 Å². The highest BCUT2D eigenvalue weighted by atomic mass is 79.9. The number of carbonyl (C=O) groups is 1.